The third-order valence-corrected chi connectivity index (χ3v) is 5.76. The van der Waals surface area contributed by atoms with Gasteiger partial charge in [-0.25, -0.2) is 17.8 Å². The first-order valence-corrected chi connectivity index (χ1v) is 9.07. The maximum Gasteiger partial charge on any atom is 0.263 e. The maximum absolute atomic E-state index is 12.8. The molecule has 2 heterocycles. The number of thiazole rings is 1. The van der Waals surface area contributed by atoms with Crippen LogP contribution in [0.2, 0.25) is 0 Å². The number of hydrogen-bond acceptors (Lipinski definition) is 5. The van der Waals surface area contributed by atoms with Crippen LogP contribution in [0.1, 0.15) is 0 Å². The maximum atomic E-state index is 12.8. The van der Waals surface area contributed by atoms with E-state index in [1.54, 1.807) is 5.38 Å². The monoisotopic (exact) mass is 340 g/mol. The third-order valence-electron chi connectivity index (χ3n) is 2.62. The van der Waals surface area contributed by atoms with Gasteiger partial charge in [-0.05, 0) is 35.7 Å². The van der Waals surface area contributed by atoms with Crippen molar-refractivity contribution in [1.82, 2.24) is 4.98 Å². The van der Waals surface area contributed by atoms with Crippen molar-refractivity contribution in [1.29, 1.82) is 0 Å². The van der Waals surface area contributed by atoms with Crippen LogP contribution in [0.3, 0.4) is 0 Å². The van der Waals surface area contributed by atoms with Crippen molar-refractivity contribution < 1.29 is 12.8 Å². The Morgan fingerprint density at radius 3 is 2.52 bits per heavy atom. The summed E-state index contributed by atoms with van der Waals surface area (Å²) in [7, 11) is -3.75. The van der Waals surface area contributed by atoms with Gasteiger partial charge in [0.15, 0.2) is 5.13 Å². The van der Waals surface area contributed by atoms with Crippen LogP contribution in [-0.4, -0.2) is 13.4 Å². The van der Waals surface area contributed by atoms with Gasteiger partial charge in [-0.1, -0.05) is 6.07 Å². The number of benzene rings is 1. The number of halogens is 1. The second-order valence-corrected chi connectivity index (χ2v) is 7.56. The summed E-state index contributed by atoms with van der Waals surface area (Å²) in [5.74, 6) is -0.483. The Labute approximate surface area is 129 Å². The molecule has 0 unspecified atom stereocenters. The molecule has 0 aliphatic rings. The van der Waals surface area contributed by atoms with E-state index in [2.05, 4.69) is 9.71 Å². The number of nitrogens with zero attached hydrogens (tertiary/aromatic N) is 1. The van der Waals surface area contributed by atoms with Crippen LogP contribution in [0.15, 0.2) is 52.1 Å². The Bertz CT molecular complexity index is 840. The third kappa shape index (κ3) is 3.12. The molecule has 2 aromatic heterocycles. The quantitative estimate of drug-likeness (QED) is 0.785. The zero-order chi connectivity index (χ0) is 14.9. The summed E-state index contributed by atoms with van der Waals surface area (Å²) in [5, 5.41) is 3.99. The van der Waals surface area contributed by atoms with Gasteiger partial charge in [-0.2, -0.15) is 0 Å². The Kier molecular flexibility index (Phi) is 3.75. The molecule has 3 aromatic rings. The zero-order valence-electron chi connectivity index (χ0n) is 10.5. The lowest BCUT2D eigenvalue weighted by Gasteiger charge is -2.04. The average molecular weight is 340 g/mol. The van der Waals surface area contributed by atoms with E-state index in [0.717, 1.165) is 22.7 Å². The molecule has 108 valence electrons. The van der Waals surface area contributed by atoms with E-state index >= 15 is 0 Å². The fourth-order valence-corrected chi connectivity index (χ4v) is 4.37. The molecule has 0 saturated carbocycles. The van der Waals surface area contributed by atoms with Gasteiger partial charge in [0.1, 0.15) is 5.82 Å². The summed E-state index contributed by atoms with van der Waals surface area (Å²) in [4.78, 5) is 5.21. The molecule has 8 heteroatoms. The highest BCUT2D eigenvalue weighted by Gasteiger charge is 2.16. The number of anilines is 1. The molecule has 0 atom stereocenters. The van der Waals surface area contributed by atoms with Gasteiger partial charge in [0.25, 0.3) is 10.0 Å². The summed E-state index contributed by atoms with van der Waals surface area (Å²) in [5.41, 5.74) is 0.729. The van der Waals surface area contributed by atoms with E-state index in [9.17, 15) is 12.8 Å². The lowest BCUT2D eigenvalue weighted by atomic mass is 10.4. The second kappa shape index (κ2) is 5.55. The number of sulfonamides is 1. The first-order valence-electron chi connectivity index (χ1n) is 5.82. The summed E-state index contributed by atoms with van der Waals surface area (Å²) >= 11 is 2.73. The van der Waals surface area contributed by atoms with Crippen molar-refractivity contribution in [2.75, 3.05) is 4.72 Å². The van der Waals surface area contributed by atoms with Crippen LogP contribution < -0.4 is 4.72 Å². The lowest BCUT2D eigenvalue weighted by Crippen LogP contribution is -2.12. The molecule has 0 radical (unpaired) electrons. The minimum Gasteiger partial charge on any atom is -0.255 e. The molecule has 4 nitrogen and oxygen atoms in total. The van der Waals surface area contributed by atoms with Gasteiger partial charge in [-0.15, -0.1) is 22.7 Å². The fraction of sp³-hybridized carbons (Fsp3) is 0. The topological polar surface area (TPSA) is 59.1 Å². The molecule has 0 amide bonds. The molecule has 1 aromatic carbocycles. The predicted octanol–water partition coefficient (Wildman–Crippen LogP) is 3.81. The molecule has 0 spiro atoms. The van der Waals surface area contributed by atoms with E-state index in [1.165, 1.54) is 34.8 Å². The fourth-order valence-electron chi connectivity index (χ4n) is 1.65. The Morgan fingerprint density at radius 2 is 1.86 bits per heavy atom. The number of rotatable bonds is 4. The highest BCUT2D eigenvalue weighted by molar-refractivity contribution is 7.93. The van der Waals surface area contributed by atoms with E-state index in [4.69, 9.17) is 0 Å². The van der Waals surface area contributed by atoms with Crippen LogP contribution in [-0.2, 0) is 10.0 Å². The molecule has 0 aliphatic carbocycles. The molecule has 3 rings (SSSR count). The number of thiophene rings is 1. The van der Waals surface area contributed by atoms with E-state index in [1.807, 2.05) is 17.5 Å². The van der Waals surface area contributed by atoms with Crippen molar-refractivity contribution in [3.05, 3.63) is 53.0 Å². The highest BCUT2D eigenvalue weighted by Crippen LogP contribution is 2.29. The van der Waals surface area contributed by atoms with Crippen LogP contribution in [0.5, 0.6) is 0 Å². The largest absolute Gasteiger partial charge is 0.263 e. The smallest absolute Gasteiger partial charge is 0.255 e. The predicted molar refractivity (Wildman–Crippen MR) is 82.6 cm³/mol. The minimum atomic E-state index is -3.75. The first-order chi connectivity index (χ1) is 10.0. The zero-order valence-corrected chi connectivity index (χ0v) is 12.9. The van der Waals surface area contributed by atoms with Gasteiger partial charge in [-0.3, -0.25) is 4.72 Å². The second-order valence-electron chi connectivity index (χ2n) is 4.07. The van der Waals surface area contributed by atoms with Gasteiger partial charge in [0.2, 0.25) is 0 Å². The Morgan fingerprint density at radius 1 is 1.10 bits per heavy atom. The van der Waals surface area contributed by atoms with Crippen molar-refractivity contribution in [2.24, 2.45) is 0 Å². The first kappa shape index (κ1) is 14.2. The standard InChI is InChI=1S/C13H9FN2O2S3/c14-9-3-5-10(6-4-9)21(17,18)16-13-15-11(8-20-13)12-2-1-7-19-12/h1-8H,(H,15,16). The van der Waals surface area contributed by atoms with E-state index < -0.39 is 15.8 Å². The summed E-state index contributed by atoms with van der Waals surface area (Å²) in [6, 6.07) is 8.46. The normalized spacial score (nSPS) is 11.5. The molecule has 0 bridgehead atoms. The van der Waals surface area contributed by atoms with Gasteiger partial charge in [0.05, 0.1) is 15.5 Å². The van der Waals surface area contributed by atoms with Crippen molar-refractivity contribution in [3.63, 3.8) is 0 Å². The molecule has 0 saturated heterocycles. The van der Waals surface area contributed by atoms with Gasteiger partial charge in [0, 0.05) is 5.38 Å². The number of aromatic nitrogens is 1. The van der Waals surface area contributed by atoms with E-state index in [0.29, 0.717) is 0 Å². The Hall–Kier alpha value is -1.77. The summed E-state index contributed by atoms with van der Waals surface area (Å²) in [6.07, 6.45) is 0. The van der Waals surface area contributed by atoms with Gasteiger partial charge < -0.3 is 0 Å². The van der Waals surface area contributed by atoms with Crippen LogP contribution >= 0.6 is 22.7 Å². The molecule has 0 aliphatic heterocycles. The average Bonchev–Trinajstić information content (AvgIpc) is 3.09. The molecule has 0 fully saturated rings. The van der Waals surface area contributed by atoms with Crippen molar-refractivity contribution in [2.45, 2.75) is 4.90 Å². The minimum absolute atomic E-state index is 0.00299. The van der Waals surface area contributed by atoms with Crippen molar-refractivity contribution in [3.8, 4) is 10.6 Å². The number of hydrogen-bond donors (Lipinski definition) is 1. The molecular formula is C13H9FN2O2S3. The molecule has 1 N–H and O–H groups in total. The summed E-state index contributed by atoms with van der Waals surface area (Å²) in [6.45, 7) is 0. The molecular weight excluding hydrogens is 331 g/mol. The van der Waals surface area contributed by atoms with E-state index in [-0.39, 0.29) is 10.0 Å². The highest BCUT2D eigenvalue weighted by atomic mass is 32.2. The number of nitrogens with one attached hydrogen (secondary N) is 1. The van der Waals surface area contributed by atoms with Gasteiger partial charge >= 0.3 is 0 Å². The summed E-state index contributed by atoms with van der Waals surface area (Å²) < 4.78 is 39.5. The van der Waals surface area contributed by atoms with Crippen LogP contribution in [0.4, 0.5) is 9.52 Å². The van der Waals surface area contributed by atoms with Crippen LogP contribution in [0, 0.1) is 5.82 Å². The van der Waals surface area contributed by atoms with Crippen LogP contribution in [0.25, 0.3) is 10.6 Å². The SMILES string of the molecule is O=S(=O)(Nc1nc(-c2cccs2)cs1)c1ccc(F)cc1. The Balaban J connectivity index is 1.84. The lowest BCUT2D eigenvalue weighted by molar-refractivity contribution is 0.599. The van der Waals surface area contributed by atoms with Crippen molar-refractivity contribution >= 4 is 37.8 Å². The molecule has 21 heavy (non-hydrogen) atoms.